The van der Waals surface area contributed by atoms with Gasteiger partial charge >= 0.3 is 6.09 Å². The minimum atomic E-state index is -0.524. The van der Waals surface area contributed by atoms with Gasteiger partial charge < -0.3 is 14.8 Å². The summed E-state index contributed by atoms with van der Waals surface area (Å²) in [5.41, 5.74) is 9.27. The summed E-state index contributed by atoms with van der Waals surface area (Å²) in [6.07, 6.45) is 18.5. The van der Waals surface area contributed by atoms with Crippen molar-refractivity contribution in [1.82, 2.24) is 4.98 Å². The Hall–Kier alpha value is -5.95. The van der Waals surface area contributed by atoms with Crippen LogP contribution in [0.25, 0.3) is 33.3 Å². The number of unbranched alkanes of at least 4 members (excludes halogenated alkanes) is 12. The van der Waals surface area contributed by atoms with Crippen molar-refractivity contribution in [3.05, 3.63) is 131 Å². The molecule has 1 aromatic heterocycles. The molecular weight excluding hydrogens is 791 g/mol. The van der Waals surface area contributed by atoms with E-state index in [1.54, 1.807) is 0 Å². The fourth-order valence-corrected chi connectivity index (χ4v) is 8.80. The number of nitrogens with zero attached hydrogens (tertiary/aromatic N) is 1. The molecule has 7 heteroatoms. The molecule has 64 heavy (non-hydrogen) atoms. The Labute approximate surface area is 381 Å². The normalized spacial score (nSPS) is 12.0. The van der Waals surface area contributed by atoms with Crippen LogP contribution in [0.4, 0.5) is 21.9 Å². The van der Waals surface area contributed by atoms with Gasteiger partial charge in [-0.25, -0.2) is 9.78 Å². The summed E-state index contributed by atoms with van der Waals surface area (Å²) in [4.78, 5) is 32.9. The Morgan fingerprint density at radius 3 is 1.94 bits per heavy atom. The van der Waals surface area contributed by atoms with Crippen LogP contribution >= 0.6 is 0 Å². The first-order valence-corrected chi connectivity index (χ1v) is 24.0. The lowest BCUT2D eigenvalue weighted by molar-refractivity contribution is 0.104. The van der Waals surface area contributed by atoms with Gasteiger partial charge in [-0.15, -0.1) is 0 Å². The van der Waals surface area contributed by atoms with Gasteiger partial charge in [0, 0.05) is 28.3 Å². The van der Waals surface area contributed by atoms with E-state index in [0.29, 0.717) is 51.8 Å². The third-order valence-corrected chi connectivity index (χ3v) is 12.3. The molecule has 7 nitrogen and oxygen atoms in total. The molecule has 0 atom stereocenters. The third-order valence-electron chi connectivity index (χ3n) is 12.3. The molecule has 0 fully saturated rings. The van der Waals surface area contributed by atoms with Crippen LogP contribution in [0, 0.1) is 0 Å². The van der Waals surface area contributed by atoms with Gasteiger partial charge in [0.2, 0.25) is 0 Å². The number of ketones is 1. The summed E-state index contributed by atoms with van der Waals surface area (Å²) in [5.74, 6) is 1.15. The molecule has 1 heterocycles. The average molecular weight is 858 g/mol. The van der Waals surface area contributed by atoms with Crippen LogP contribution in [0.15, 0.2) is 109 Å². The number of aryl methyl sites for hydroxylation is 1. The van der Waals surface area contributed by atoms with Crippen LogP contribution in [-0.2, 0) is 16.6 Å². The lowest BCUT2D eigenvalue weighted by Crippen LogP contribution is -2.15. The van der Waals surface area contributed by atoms with Crippen molar-refractivity contribution in [2.24, 2.45) is 0 Å². The zero-order valence-corrected chi connectivity index (χ0v) is 38.8. The van der Waals surface area contributed by atoms with Crippen molar-refractivity contribution in [1.29, 1.82) is 0 Å². The number of hydrogen-bond acceptors (Lipinski definition) is 6. The Balaban J connectivity index is 1.21. The maximum atomic E-state index is 14.7. The Morgan fingerprint density at radius 2 is 1.27 bits per heavy atom. The van der Waals surface area contributed by atoms with E-state index in [0.717, 1.165) is 47.0 Å². The van der Waals surface area contributed by atoms with E-state index in [9.17, 15) is 9.59 Å². The predicted molar refractivity (Wildman–Crippen MR) is 266 cm³/mol. The van der Waals surface area contributed by atoms with Gasteiger partial charge in [-0.1, -0.05) is 178 Å². The number of benzene rings is 5. The molecule has 0 spiro atoms. The van der Waals surface area contributed by atoms with Crippen molar-refractivity contribution in [3.63, 3.8) is 0 Å². The van der Waals surface area contributed by atoms with Gasteiger partial charge in [-0.3, -0.25) is 10.1 Å². The van der Waals surface area contributed by atoms with Gasteiger partial charge in [0.1, 0.15) is 11.3 Å². The number of anilines is 3. The third kappa shape index (κ3) is 11.6. The van der Waals surface area contributed by atoms with E-state index in [1.807, 2.05) is 73.7 Å². The van der Waals surface area contributed by atoms with E-state index in [1.165, 1.54) is 88.2 Å². The number of nitrogens with one attached hydrogen (secondary N) is 2. The molecule has 1 amide bonds. The molecule has 0 aliphatic heterocycles. The summed E-state index contributed by atoms with van der Waals surface area (Å²) in [5, 5.41) is 7.28. The molecule has 5 aromatic carbocycles. The number of amides is 1. The molecular formula is C57H67N3O4. The van der Waals surface area contributed by atoms with Crippen molar-refractivity contribution < 1.29 is 19.1 Å². The SMILES string of the molecule is CCCCCCCCCCCCCCCc1cccc(Oc2cc(Nc3ccc(C(C)(C)C)cc3)c3c4c(cc(-c5ccccc5NC(=O)OCCC)nc24)-c2ccccc2C3=O)c1. The van der Waals surface area contributed by atoms with Crippen molar-refractivity contribution >= 4 is 39.8 Å². The highest BCUT2D eigenvalue weighted by Crippen LogP contribution is 2.48. The van der Waals surface area contributed by atoms with Gasteiger partial charge in [-0.2, -0.15) is 0 Å². The molecule has 2 N–H and O–H groups in total. The molecule has 334 valence electrons. The summed E-state index contributed by atoms with van der Waals surface area (Å²) in [6, 6.07) is 36.1. The van der Waals surface area contributed by atoms with E-state index < -0.39 is 6.09 Å². The number of rotatable bonds is 22. The van der Waals surface area contributed by atoms with Gasteiger partial charge in [0.25, 0.3) is 0 Å². The fraction of sp³-hybridized carbons (Fsp3) is 0.386. The number of para-hydroxylation sites is 1. The lowest BCUT2D eigenvalue weighted by Gasteiger charge is -2.25. The van der Waals surface area contributed by atoms with Crippen LogP contribution < -0.4 is 15.4 Å². The second-order valence-corrected chi connectivity index (χ2v) is 18.5. The number of pyridine rings is 1. The van der Waals surface area contributed by atoms with E-state index in [-0.39, 0.29) is 11.2 Å². The number of fused-ring (bicyclic) bond motifs is 2. The fourth-order valence-electron chi connectivity index (χ4n) is 8.80. The van der Waals surface area contributed by atoms with Crippen molar-refractivity contribution in [2.45, 2.75) is 136 Å². The van der Waals surface area contributed by atoms with E-state index in [4.69, 9.17) is 14.5 Å². The summed E-state index contributed by atoms with van der Waals surface area (Å²) in [6.45, 7) is 11.2. The second-order valence-electron chi connectivity index (χ2n) is 18.5. The molecule has 0 unspecified atom stereocenters. The van der Waals surface area contributed by atoms with Crippen LogP contribution in [-0.4, -0.2) is 23.5 Å². The zero-order valence-electron chi connectivity index (χ0n) is 38.8. The smallest absolute Gasteiger partial charge is 0.411 e. The predicted octanol–water partition coefficient (Wildman–Crippen LogP) is 16.5. The van der Waals surface area contributed by atoms with Crippen molar-refractivity contribution in [3.8, 4) is 33.9 Å². The van der Waals surface area contributed by atoms with Gasteiger partial charge in [-0.05, 0) is 83.3 Å². The lowest BCUT2D eigenvalue weighted by atomic mass is 9.82. The van der Waals surface area contributed by atoms with Crippen LogP contribution in [0.2, 0.25) is 0 Å². The molecule has 0 radical (unpaired) electrons. The maximum Gasteiger partial charge on any atom is 0.411 e. The van der Waals surface area contributed by atoms with Gasteiger partial charge in [0.15, 0.2) is 11.5 Å². The number of hydrogen-bond donors (Lipinski definition) is 2. The van der Waals surface area contributed by atoms with E-state index in [2.05, 4.69) is 80.8 Å². The first-order chi connectivity index (χ1) is 31.1. The number of aromatic nitrogens is 1. The van der Waals surface area contributed by atoms with Gasteiger partial charge in [0.05, 0.1) is 29.2 Å². The molecule has 7 rings (SSSR count). The minimum absolute atomic E-state index is 0.00237. The first-order valence-electron chi connectivity index (χ1n) is 24.0. The largest absolute Gasteiger partial charge is 0.455 e. The monoisotopic (exact) mass is 858 g/mol. The Morgan fingerprint density at radius 1 is 0.625 bits per heavy atom. The maximum absolute atomic E-state index is 14.7. The quantitative estimate of drug-likeness (QED) is 0.0660. The standard InChI is InChI=1S/C57H67N3O4/c1-6-8-9-10-11-12-13-14-15-16-17-18-19-25-40-26-24-27-43(37-40)64-51-39-50(58-42-34-32-41(33-35-42)57(3,4)5)53-52-47(44-28-20-21-29-45(44)55(53)61)38-49(59-54(51)52)46-30-22-23-31-48(46)60-56(62)63-36-7-2/h20-24,26-35,37-39,58H,6-19,25,36H2,1-5H3,(H,60,62). The average Bonchev–Trinajstić information content (AvgIpc) is 3.29. The van der Waals surface area contributed by atoms with Crippen molar-refractivity contribution in [2.75, 3.05) is 17.2 Å². The summed E-state index contributed by atoms with van der Waals surface area (Å²) >= 11 is 0. The summed E-state index contributed by atoms with van der Waals surface area (Å²) in [7, 11) is 0. The highest BCUT2D eigenvalue weighted by Gasteiger charge is 2.31. The molecule has 6 aromatic rings. The number of carbonyl (C=O) groups is 2. The molecule has 1 aliphatic rings. The van der Waals surface area contributed by atoms with Crippen LogP contribution in [0.1, 0.15) is 152 Å². The van der Waals surface area contributed by atoms with Crippen LogP contribution in [0.5, 0.6) is 11.5 Å². The Kier molecular flexibility index (Phi) is 15.9. The molecule has 1 aliphatic carbocycles. The highest BCUT2D eigenvalue weighted by molar-refractivity contribution is 6.29. The summed E-state index contributed by atoms with van der Waals surface area (Å²) < 4.78 is 12.3. The highest BCUT2D eigenvalue weighted by atomic mass is 16.5. The molecule has 0 saturated carbocycles. The second kappa shape index (κ2) is 22.1. The molecule has 0 bridgehead atoms. The zero-order chi connectivity index (χ0) is 44.9. The van der Waals surface area contributed by atoms with Crippen LogP contribution in [0.3, 0.4) is 0 Å². The number of carbonyl (C=O) groups excluding carboxylic acids is 2. The van der Waals surface area contributed by atoms with E-state index >= 15 is 0 Å². The minimum Gasteiger partial charge on any atom is -0.455 e. The first kappa shape index (κ1) is 46.1. The molecule has 0 saturated heterocycles. The topological polar surface area (TPSA) is 89.6 Å². The number of ether oxygens (including phenoxy) is 2. The Bertz CT molecular complexity index is 2520.